The van der Waals surface area contributed by atoms with Crippen molar-refractivity contribution in [1.82, 2.24) is 0 Å². The highest BCUT2D eigenvalue weighted by Gasteiger charge is 2.31. The third-order valence-electron chi connectivity index (χ3n) is 2.69. The van der Waals surface area contributed by atoms with Crippen molar-refractivity contribution < 1.29 is 22.1 Å². The SMILES string of the molecule is COS(=O)(=O)c1ccc(C)cc1C1=COC(C)(C)O1. The molecular weight excluding hydrogens is 268 g/mol. The van der Waals surface area contributed by atoms with Crippen molar-refractivity contribution in [2.75, 3.05) is 7.11 Å². The lowest BCUT2D eigenvalue weighted by molar-refractivity contribution is -0.102. The molecule has 0 aromatic heterocycles. The van der Waals surface area contributed by atoms with E-state index in [4.69, 9.17) is 9.47 Å². The molecule has 0 spiro atoms. The van der Waals surface area contributed by atoms with E-state index in [1.54, 1.807) is 26.0 Å². The highest BCUT2D eigenvalue weighted by atomic mass is 32.2. The van der Waals surface area contributed by atoms with Gasteiger partial charge < -0.3 is 9.47 Å². The van der Waals surface area contributed by atoms with Gasteiger partial charge in [-0.1, -0.05) is 11.6 Å². The van der Waals surface area contributed by atoms with Gasteiger partial charge in [-0.15, -0.1) is 0 Å². The van der Waals surface area contributed by atoms with Crippen LogP contribution in [0.1, 0.15) is 25.0 Å². The molecule has 19 heavy (non-hydrogen) atoms. The van der Waals surface area contributed by atoms with E-state index in [0.29, 0.717) is 11.3 Å². The molecular formula is C13H16O5S. The van der Waals surface area contributed by atoms with Crippen LogP contribution in [0.2, 0.25) is 0 Å². The van der Waals surface area contributed by atoms with Gasteiger partial charge in [0.2, 0.25) is 5.79 Å². The Labute approximate surface area is 112 Å². The fraction of sp³-hybridized carbons (Fsp3) is 0.385. The van der Waals surface area contributed by atoms with Crippen LogP contribution in [0.15, 0.2) is 29.4 Å². The molecule has 0 amide bonds. The zero-order valence-corrected chi connectivity index (χ0v) is 12.1. The van der Waals surface area contributed by atoms with E-state index in [2.05, 4.69) is 4.18 Å². The van der Waals surface area contributed by atoms with Crippen molar-refractivity contribution >= 4 is 15.9 Å². The highest BCUT2D eigenvalue weighted by Crippen LogP contribution is 2.34. The maximum absolute atomic E-state index is 11.9. The molecule has 0 N–H and O–H groups in total. The molecule has 104 valence electrons. The Kier molecular flexibility index (Phi) is 3.32. The number of hydrogen-bond acceptors (Lipinski definition) is 5. The molecule has 5 nitrogen and oxygen atoms in total. The molecule has 0 saturated heterocycles. The smallest absolute Gasteiger partial charge is 0.297 e. The molecule has 0 unspecified atom stereocenters. The second-order valence-electron chi connectivity index (χ2n) is 4.72. The molecule has 0 bridgehead atoms. The number of hydrogen-bond donors (Lipinski definition) is 0. The minimum atomic E-state index is -3.80. The second-order valence-corrected chi connectivity index (χ2v) is 6.40. The quantitative estimate of drug-likeness (QED) is 0.798. The molecule has 1 aromatic carbocycles. The van der Waals surface area contributed by atoms with Crippen molar-refractivity contribution in [1.29, 1.82) is 0 Å². The van der Waals surface area contributed by atoms with Crippen molar-refractivity contribution in [3.63, 3.8) is 0 Å². The van der Waals surface area contributed by atoms with E-state index in [1.807, 2.05) is 6.92 Å². The number of aryl methyl sites for hydroxylation is 1. The predicted octanol–water partition coefficient (Wildman–Crippen LogP) is 2.41. The molecule has 0 saturated carbocycles. The number of rotatable bonds is 3. The summed E-state index contributed by atoms with van der Waals surface area (Å²) in [5.41, 5.74) is 1.35. The topological polar surface area (TPSA) is 61.8 Å². The molecule has 1 heterocycles. The minimum Gasteiger partial charge on any atom is -0.457 e. The van der Waals surface area contributed by atoms with E-state index in [0.717, 1.165) is 12.7 Å². The Morgan fingerprint density at radius 3 is 2.47 bits per heavy atom. The van der Waals surface area contributed by atoms with Crippen LogP contribution >= 0.6 is 0 Å². The summed E-state index contributed by atoms with van der Waals surface area (Å²) in [7, 11) is -2.67. The molecule has 1 aromatic rings. The van der Waals surface area contributed by atoms with Crippen LogP contribution in [0.25, 0.3) is 5.76 Å². The monoisotopic (exact) mass is 284 g/mol. The number of ether oxygens (including phenoxy) is 2. The minimum absolute atomic E-state index is 0.0631. The van der Waals surface area contributed by atoms with Crippen LogP contribution in [0.4, 0.5) is 0 Å². The Balaban J connectivity index is 2.55. The molecule has 2 rings (SSSR count). The number of benzene rings is 1. The predicted molar refractivity (Wildman–Crippen MR) is 69.6 cm³/mol. The fourth-order valence-electron chi connectivity index (χ4n) is 1.77. The molecule has 0 aliphatic carbocycles. The largest absolute Gasteiger partial charge is 0.457 e. The summed E-state index contributed by atoms with van der Waals surface area (Å²) in [6.45, 7) is 5.36. The molecule has 0 atom stereocenters. The van der Waals surface area contributed by atoms with Gasteiger partial charge in [0.15, 0.2) is 5.76 Å². The van der Waals surface area contributed by atoms with E-state index < -0.39 is 15.9 Å². The van der Waals surface area contributed by atoms with Crippen LogP contribution in [0, 0.1) is 6.92 Å². The molecule has 1 aliphatic heterocycles. The molecule has 0 radical (unpaired) electrons. The second kappa shape index (κ2) is 4.54. The zero-order chi connectivity index (χ0) is 14.3. The maximum Gasteiger partial charge on any atom is 0.297 e. The summed E-state index contributed by atoms with van der Waals surface area (Å²) >= 11 is 0. The first-order valence-corrected chi connectivity index (χ1v) is 7.15. The van der Waals surface area contributed by atoms with Crippen LogP contribution in [-0.4, -0.2) is 21.3 Å². The fourth-order valence-corrected chi connectivity index (χ4v) is 2.61. The van der Waals surface area contributed by atoms with Gasteiger partial charge in [0.05, 0.1) is 7.11 Å². The van der Waals surface area contributed by atoms with E-state index in [9.17, 15) is 8.42 Å². The van der Waals surface area contributed by atoms with Gasteiger partial charge in [0, 0.05) is 19.4 Å². The lowest BCUT2D eigenvalue weighted by Crippen LogP contribution is -2.20. The van der Waals surface area contributed by atoms with Gasteiger partial charge in [-0.05, 0) is 19.1 Å². The van der Waals surface area contributed by atoms with Gasteiger partial charge in [-0.2, -0.15) is 8.42 Å². The molecule has 0 fully saturated rings. The van der Waals surface area contributed by atoms with E-state index in [-0.39, 0.29) is 4.90 Å². The molecule has 1 aliphatic rings. The Bertz CT molecular complexity index is 628. The van der Waals surface area contributed by atoms with Gasteiger partial charge in [0.1, 0.15) is 11.2 Å². The van der Waals surface area contributed by atoms with Crippen LogP contribution in [0.3, 0.4) is 0 Å². The van der Waals surface area contributed by atoms with E-state index in [1.165, 1.54) is 12.3 Å². The normalized spacial score (nSPS) is 17.6. The standard InChI is InChI=1S/C13H16O5S/c1-9-5-6-12(19(14,15)16-4)10(7-9)11-8-17-13(2,3)18-11/h5-8H,1-4H3. The first kappa shape index (κ1) is 13.9. The van der Waals surface area contributed by atoms with Gasteiger partial charge in [-0.3, -0.25) is 4.18 Å². The summed E-state index contributed by atoms with van der Waals surface area (Å²) in [6, 6.07) is 4.93. The first-order valence-electron chi connectivity index (χ1n) is 5.74. The van der Waals surface area contributed by atoms with Crippen LogP contribution in [-0.2, 0) is 23.8 Å². The van der Waals surface area contributed by atoms with Gasteiger partial charge >= 0.3 is 0 Å². The zero-order valence-electron chi connectivity index (χ0n) is 11.3. The summed E-state index contributed by atoms with van der Waals surface area (Å²) in [5.74, 6) is -0.419. The van der Waals surface area contributed by atoms with Crippen molar-refractivity contribution in [2.24, 2.45) is 0 Å². The van der Waals surface area contributed by atoms with Gasteiger partial charge in [0.25, 0.3) is 10.1 Å². The van der Waals surface area contributed by atoms with Crippen molar-refractivity contribution in [3.8, 4) is 0 Å². The Morgan fingerprint density at radius 2 is 1.95 bits per heavy atom. The third kappa shape index (κ3) is 2.74. The molecule has 6 heteroatoms. The van der Waals surface area contributed by atoms with Crippen LogP contribution in [0.5, 0.6) is 0 Å². The summed E-state index contributed by atoms with van der Waals surface area (Å²) in [5, 5.41) is 0. The average Bonchev–Trinajstić information content (AvgIpc) is 2.69. The summed E-state index contributed by atoms with van der Waals surface area (Å²) in [6.07, 6.45) is 1.42. The lowest BCUT2D eigenvalue weighted by Gasteiger charge is -2.19. The van der Waals surface area contributed by atoms with E-state index >= 15 is 0 Å². The highest BCUT2D eigenvalue weighted by molar-refractivity contribution is 7.86. The maximum atomic E-state index is 11.9. The first-order chi connectivity index (χ1) is 8.75. The lowest BCUT2D eigenvalue weighted by atomic mass is 10.1. The third-order valence-corrected chi connectivity index (χ3v) is 4.03. The summed E-state index contributed by atoms with van der Waals surface area (Å²) in [4.78, 5) is 0.0631. The summed E-state index contributed by atoms with van der Waals surface area (Å²) < 4.78 is 39.3. The van der Waals surface area contributed by atoms with Crippen molar-refractivity contribution in [2.45, 2.75) is 31.5 Å². The Morgan fingerprint density at radius 1 is 1.26 bits per heavy atom. The average molecular weight is 284 g/mol. The van der Waals surface area contributed by atoms with Gasteiger partial charge in [-0.25, -0.2) is 0 Å². The van der Waals surface area contributed by atoms with Crippen molar-refractivity contribution in [3.05, 3.63) is 35.6 Å². The van der Waals surface area contributed by atoms with Crippen LogP contribution < -0.4 is 0 Å². The Hall–Kier alpha value is -1.53.